The van der Waals surface area contributed by atoms with Crippen molar-refractivity contribution in [1.29, 1.82) is 5.26 Å². The highest BCUT2D eigenvalue weighted by atomic mass is 32.1. The molecule has 0 bridgehead atoms. The molecule has 0 atom stereocenters. The molecule has 6 nitrogen and oxygen atoms in total. The van der Waals surface area contributed by atoms with Gasteiger partial charge in [-0.2, -0.15) is 10.2 Å². The van der Waals surface area contributed by atoms with Crippen LogP contribution in [0, 0.1) is 31.0 Å². The molecule has 1 aliphatic heterocycles. The molecule has 4 aromatic rings. The number of piperidine rings is 1. The summed E-state index contributed by atoms with van der Waals surface area (Å²) in [6, 6.07) is 14.8. The van der Waals surface area contributed by atoms with Crippen LogP contribution in [0.2, 0.25) is 0 Å². The van der Waals surface area contributed by atoms with Crippen LogP contribution in [0.5, 0.6) is 11.6 Å². The van der Waals surface area contributed by atoms with Crippen molar-refractivity contribution in [2.75, 3.05) is 18.4 Å². The summed E-state index contributed by atoms with van der Waals surface area (Å²) in [4.78, 5) is 11.8. The topological polar surface area (TPSA) is 74.1 Å². The molecule has 5 rings (SSSR count). The summed E-state index contributed by atoms with van der Waals surface area (Å²) in [5.74, 6) is 1.61. The van der Waals surface area contributed by atoms with Gasteiger partial charge in [0.05, 0.1) is 17.1 Å². The second kappa shape index (κ2) is 9.98. The number of halogens is 1. The van der Waals surface area contributed by atoms with Crippen LogP contribution >= 0.6 is 11.3 Å². The summed E-state index contributed by atoms with van der Waals surface area (Å²) in [7, 11) is 0. The number of aryl methyl sites for hydroxylation is 2. The maximum Gasteiger partial charge on any atom is 0.242 e. The Morgan fingerprint density at radius 1 is 1.11 bits per heavy atom. The zero-order valence-electron chi connectivity index (χ0n) is 19.7. The maximum absolute atomic E-state index is 13.2. The van der Waals surface area contributed by atoms with Gasteiger partial charge in [0.1, 0.15) is 16.3 Å². The molecule has 0 spiro atoms. The van der Waals surface area contributed by atoms with Gasteiger partial charge in [-0.15, -0.1) is 11.3 Å². The minimum atomic E-state index is -0.202. The number of ether oxygens (including phenoxy) is 1. The Hall–Kier alpha value is -3.54. The summed E-state index contributed by atoms with van der Waals surface area (Å²) < 4.78 is 20.4. The Morgan fingerprint density at radius 2 is 1.83 bits per heavy atom. The molecule has 8 heteroatoms. The van der Waals surface area contributed by atoms with Crippen molar-refractivity contribution >= 4 is 27.5 Å². The smallest absolute Gasteiger partial charge is 0.242 e. The van der Waals surface area contributed by atoms with Crippen molar-refractivity contribution < 1.29 is 9.13 Å². The molecule has 1 aliphatic rings. The van der Waals surface area contributed by atoms with E-state index in [1.54, 1.807) is 11.3 Å². The third kappa shape index (κ3) is 5.26. The van der Waals surface area contributed by atoms with Gasteiger partial charge in [-0.05, 0) is 79.1 Å². The van der Waals surface area contributed by atoms with Crippen molar-refractivity contribution in [2.45, 2.75) is 39.3 Å². The van der Waals surface area contributed by atoms with Crippen LogP contribution in [-0.2, 0) is 6.54 Å². The third-order valence-corrected chi connectivity index (χ3v) is 7.19. The Kier molecular flexibility index (Phi) is 6.62. The van der Waals surface area contributed by atoms with Crippen LogP contribution in [0.1, 0.15) is 35.1 Å². The number of hydrogen-bond donors (Lipinski definition) is 1. The first kappa shape index (κ1) is 23.2. The van der Waals surface area contributed by atoms with Crippen molar-refractivity contribution in [3.8, 4) is 17.7 Å². The molecule has 35 heavy (non-hydrogen) atoms. The van der Waals surface area contributed by atoms with Crippen molar-refractivity contribution in [1.82, 2.24) is 14.9 Å². The molecular weight excluding hydrogens is 461 g/mol. The van der Waals surface area contributed by atoms with Gasteiger partial charge in [-0.25, -0.2) is 9.37 Å². The van der Waals surface area contributed by atoms with E-state index in [1.165, 1.54) is 12.1 Å². The number of likely N-dealkylation sites (tertiary alicyclic amines) is 1. The average molecular weight is 488 g/mol. The molecule has 0 unspecified atom stereocenters. The van der Waals surface area contributed by atoms with E-state index >= 15 is 0 Å². The molecule has 1 N–H and O–H groups in total. The highest BCUT2D eigenvalue weighted by molar-refractivity contribution is 7.17. The Labute approximate surface area is 208 Å². The van der Waals surface area contributed by atoms with Gasteiger partial charge in [-0.1, -0.05) is 12.1 Å². The van der Waals surface area contributed by atoms with Gasteiger partial charge in [0, 0.05) is 25.7 Å². The molecule has 0 aliphatic carbocycles. The zero-order valence-corrected chi connectivity index (χ0v) is 20.5. The summed E-state index contributed by atoms with van der Waals surface area (Å²) in [5.41, 5.74) is 4.38. The molecule has 2 aromatic carbocycles. The van der Waals surface area contributed by atoms with E-state index in [2.05, 4.69) is 16.3 Å². The summed E-state index contributed by atoms with van der Waals surface area (Å²) >= 11 is 1.55. The number of aromatic nitrogens is 2. The minimum absolute atomic E-state index is 0.202. The highest BCUT2D eigenvalue weighted by Gasteiger charge is 2.21. The Morgan fingerprint density at radius 3 is 2.51 bits per heavy atom. The standard InChI is InChI=1S/C27H26FN5OS/c1-17-13-20(15-29)14-18(2)24(17)34-26-25-23(9-12-35-25)31-27(32-26)30-22-7-10-33(11-8-22)16-19-3-5-21(28)6-4-19/h3-6,9,12-14,22H,7-8,10-11,16H2,1-2H3,(H,30,31,32). The SMILES string of the molecule is Cc1cc(C#N)cc(C)c1Oc1nc(NC2CCN(Cc3ccc(F)cc3)CC2)nc2ccsc12. The lowest BCUT2D eigenvalue weighted by atomic mass is 10.0. The molecule has 178 valence electrons. The van der Waals surface area contributed by atoms with Crippen LogP contribution in [0.3, 0.4) is 0 Å². The molecule has 0 radical (unpaired) electrons. The van der Waals surface area contributed by atoms with E-state index < -0.39 is 0 Å². The number of thiophene rings is 1. The van der Waals surface area contributed by atoms with Gasteiger partial charge in [0.15, 0.2) is 0 Å². The molecular formula is C27H26FN5OS. The van der Waals surface area contributed by atoms with Gasteiger partial charge in [-0.3, -0.25) is 4.90 Å². The normalized spacial score (nSPS) is 14.7. The predicted octanol–water partition coefficient (Wildman–Crippen LogP) is 6.19. The number of nitrogens with zero attached hydrogens (tertiary/aromatic N) is 4. The van der Waals surface area contributed by atoms with Gasteiger partial charge in [0.2, 0.25) is 11.8 Å². The monoisotopic (exact) mass is 487 g/mol. The Bertz CT molecular complexity index is 1360. The van der Waals surface area contributed by atoms with E-state index in [1.807, 2.05) is 49.6 Å². The molecule has 2 aromatic heterocycles. The van der Waals surface area contributed by atoms with Crippen LogP contribution in [0.4, 0.5) is 10.3 Å². The van der Waals surface area contributed by atoms with Crippen LogP contribution in [-0.4, -0.2) is 34.0 Å². The van der Waals surface area contributed by atoms with Crippen LogP contribution in [0.15, 0.2) is 47.8 Å². The fraction of sp³-hybridized carbons (Fsp3) is 0.296. The largest absolute Gasteiger partial charge is 0.437 e. The van der Waals surface area contributed by atoms with E-state index in [4.69, 9.17) is 14.7 Å². The molecule has 3 heterocycles. The maximum atomic E-state index is 13.2. The van der Waals surface area contributed by atoms with Gasteiger partial charge >= 0.3 is 0 Å². The molecule has 0 saturated carbocycles. The number of nitrogens with one attached hydrogen (secondary N) is 1. The van der Waals surface area contributed by atoms with Crippen molar-refractivity contribution in [2.24, 2.45) is 0 Å². The molecule has 1 fully saturated rings. The summed E-state index contributed by atoms with van der Waals surface area (Å²) in [5, 5.41) is 14.7. The first-order chi connectivity index (χ1) is 17.0. The minimum Gasteiger partial charge on any atom is -0.437 e. The molecule has 1 saturated heterocycles. The fourth-order valence-electron chi connectivity index (χ4n) is 4.51. The second-order valence-corrected chi connectivity index (χ2v) is 9.88. The quantitative estimate of drug-likeness (QED) is 0.350. The second-order valence-electron chi connectivity index (χ2n) is 8.96. The van der Waals surface area contributed by atoms with Crippen LogP contribution < -0.4 is 10.1 Å². The van der Waals surface area contributed by atoms with E-state index in [0.717, 1.165) is 65.1 Å². The molecule has 0 amide bonds. The van der Waals surface area contributed by atoms with Crippen LogP contribution in [0.25, 0.3) is 10.2 Å². The fourth-order valence-corrected chi connectivity index (χ4v) is 5.26. The van der Waals surface area contributed by atoms with Gasteiger partial charge in [0.25, 0.3) is 0 Å². The summed E-state index contributed by atoms with van der Waals surface area (Å²) in [6.45, 7) is 6.60. The first-order valence-corrected chi connectivity index (χ1v) is 12.5. The number of hydrogen-bond acceptors (Lipinski definition) is 7. The van der Waals surface area contributed by atoms with E-state index in [-0.39, 0.29) is 11.9 Å². The van der Waals surface area contributed by atoms with E-state index in [9.17, 15) is 9.65 Å². The zero-order chi connectivity index (χ0) is 24.4. The number of fused-ring (bicyclic) bond motifs is 1. The average Bonchev–Trinajstić information content (AvgIpc) is 3.33. The number of benzene rings is 2. The number of rotatable bonds is 6. The van der Waals surface area contributed by atoms with Gasteiger partial charge < -0.3 is 10.1 Å². The summed E-state index contributed by atoms with van der Waals surface area (Å²) in [6.07, 6.45) is 1.94. The Balaban J connectivity index is 1.29. The van der Waals surface area contributed by atoms with E-state index in [0.29, 0.717) is 17.4 Å². The third-order valence-electron chi connectivity index (χ3n) is 6.30. The lowest BCUT2D eigenvalue weighted by Gasteiger charge is -2.32. The number of anilines is 1. The van der Waals surface area contributed by atoms with Crippen molar-refractivity contribution in [3.63, 3.8) is 0 Å². The lowest BCUT2D eigenvalue weighted by Crippen LogP contribution is -2.39. The highest BCUT2D eigenvalue weighted by Crippen LogP contribution is 2.35. The number of nitriles is 1. The predicted molar refractivity (Wildman–Crippen MR) is 136 cm³/mol. The lowest BCUT2D eigenvalue weighted by molar-refractivity contribution is 0.211. The van der Waals surface area contributed by atoms with Crippen molar-refractivity contribution in [3.05, 3.63) is 75.9 Å². The first-order valence-electron chi connectivity index (χ1n) is 11.7.